The molecule has 0 aliphatic carbocycles. The van der Waals surface area contributed by atoms with Gasteiger partial charge in [0.2, 0.25) is 5.91 Å². The molecule has 0 radical (unpaired) electrons. The molecule has 0 spiro atoms. The molecule has 0 aliphatic heterocycles. The van der Waals surface area contributed by atoms with Crippen molar-refractivity contribution < 1.29 is 9.59 Å². The Morgan fingerprint density at radius 1 is 1.32 bits per heavy atom. The van der Waals surface area contributed by atoms with Gasteiger partial charge >= 0.3 is 0 Å². The highest BCUT2D eigenvalue weighted by Gasteiger charge is 2.14. The van der Waals surface area contributed by atoms with Crippen LogP contribution in [0.3, 0.4) is 0 Å². The SMILES string of the molecule is Cn1cc(Br)c(C(=O)Nc2ccc(C(N)=O)cc2)n1. The quantitative estimate of drug-likeness (QED) is 0.897. The molecule has 2 rings (SSSR count). The number of primary amides is 1. The van der Waals surface area contributed by atoms with Gasteiger partial charge in [0.25, 0.3) is 5.91 Å². The van der Waals surface area contributed by atoms with Crippen LogP contribution in [-0.4, -0.2) is 21.6 Å². The van der Waals surface area contributed by atoms with Gasteiger partial charge in [-0.3, -0.25) is 14.3 Å². The fourth-order valence-corrected chi connectivity index (χ4v) is 2.08. The third kappa shape index (κ3) is 3.00. The van der Waals surface area contributed by atoms with E-state index in [0.29, 0.717) is 21.4 Å². The number of nitrogens with zero attached hydrogens (tertiary/aromatic N) is 2. The molecule has 2 aromatic rings. The smallest absolute Gasteiger partial charge is 0.277 e. The minimum atomic E-state index is -0.509. The molecule has 0 aliphatic rings. The Hall–Kier alpha value is -2.15. The molecule has 1 aromatic heterocycles. The number of aromatic nitrogens is 2. The van der Waals surface area contributed by atoms with E-state index in [1.807, 2.05) is 0 Å². The highest BCUT2D eigenvalue weighted by atomic mass is 79.9. The second-order valence-corrected chi connectivity index (χ2v) is 4.75. The average molecular weight is 323 g/mol. The summed E-state index contributed by atoms with van der Waals surface area (Å²) in [4.78, 5) is 22.9. The Kier molecular flexibility index (Phi) is 3.66. The van der Waals surface area contributed by atoms with Crippen molar-refractivity contribution in [2.24, 2.45) is 12.8 Å². The van der Waals surface area contributed by atoms with E-state index in [9.17, 15) is 9.59 Å². The Balaban J connectivity index is 2.15. The zero-order chi connectivity index (χ0) is 14.0. The Bertz CT molecular complexity index is 634. The van der Waals surface area contributed by atoms with Gasteiger partial charge in [0, 0.05) is 24.5 Å². The summed E-state index contributed by atoms with van der Waals surface area (Å²) in [5, 5.41) is 6.72. The molecule has 98 valence electrons. The normalized spacial score (nSPS) is 10.2. The first-order chi connectivity index (χ1) is 8.97. The molecule has 7 heteroatoms. The molecule has 3 N–H and O–H groups in total. The maximum Gasteiger partial charge on any atom is 0.277 e. The highest BCUT2D eigenvalue weighted by molar-refractivity contribution is 9.10. The molecule has 2 amide bonds. The maximum absolute atomic E-state index is 12.0. The zero-order valence-electron chi connectivity index (χ0n) is 10.1. The van der Waals surface area contributed by atoms with Gasteiger partial charge in [-0.05, 0) is 40.2 Å². The minimum Gasteiger partial charge on any atom is -0.366 e. The number of nitrogens with two attached hydrogens (primary N) is 1. The van der Waals surface area contributed by atoms with Crippen molar-refractivity contribution in [3.8, 4) is 0 Å². The van der Waals surface area contributed by atoms with Crippen molar-refractivity contribution in [1.29, 1.82) is 0 Å². The van der Waals surface area contributed by atoms with Crippen LogP contribution in [-0.2, 0) is 7.05 Å². The minimum absolute atomic E-state index is 0.293. The highest BCUT2D eigenvalue weighted by Crippen LogP contribution is 2.16. The molecule has 0 atom stereocenters. The zero-order valence-corrected chi connectivity index (χ0v) is 11.6. The van der Waals surface area contributed by atoms with E-state index in [1.165, 1.54) is 4.68 Å². The van der Waals surface area contributed by atoms with Crippen molar-refractivity contribution in [3.05, 3.63) is 46.2 Å². The summed E-state index contributed by atoms with van der Waals surface area (Å²) in [6.45, 7) is 0. The van der Waals surface area contributed by atoms with E-state index in [-0.39, 0.29) is 5.91 Å². The molecular formula is C12H11BrN4O2. The predicted molar refractivity (Wildman–Crippen MR) is 73.8 cm³/mol. The van der Waals surface area contributed by atoms with Crippen LogP contribution in [0.1, 0.15) is 20.8 Å². The molecule has 0 saturated carbocycles. The van der Waals surface area contributed by atoms with Crippen LogP contribution < -0.4 is 11.1 Å². The first-order valence-corrected chi connectivity index (χ1v) is 6.17. The monoisotopic (exact) mass is 322 g/mol. The Morgan fingerprint density at radius 2 is 1.95 bits per heavy atom. The lowest BCUT2D eigenvalue weighted by molar-refractivity contribution is 0.0997. The molecular weight excluding hydrogens is 312 g/mol. The van der Waals surface area contributed by atoms with E-state index in [1.54, 1.807) is 37.5 Å². The third-order valence-corrected chi connectivity index (χ3v) is 3.01. The van der Waals surface area contributed by atoms with E-state index in [2.05, 4.69) is 26.3 Å². The van der Waals surface area contributed by atoms with Gasteiger partial charge in [-0.2, -0.15) is 5.10 Å². The van der Waals surface area contributed by atoms with E-state index >= 15 is 0 Å². The lowest BCUT2D eigenvalue weighted by Crippen LogP contribution is -2.14. The lowest BCUT2D eigenvalue weighted by Gasteiger charge is -2.04. The summed E-state index contributed by atoms with van der Waals surface area (Å²) in [6, 6.07) is 6.31. The summed E-state index contributed by atoms with van der Waals surface area (Å²) in [6.07, 6.45) is 1.69. The summed E-state index contributed by atoms with van der Waals surface area (Å²) < 4.78 is 2.15. The Morgan fingerprint density at radius 3 is 2.42 bits per heavy atom. The van der Waals surface area contributed by atoms with E-state index in [0.717, 1.165) is 0 Å². The number of hydrogen-bond donors (Lipinski definition) is 2. The standard InChI is InChI=1S/C12H11BrN4O2/c1-17-6-9(13)10(16-17)12(19)15-8-4-2-7(3-5-8)11(14)18/h2-6H,1H3,(H2,14,18)(H,15,19). The topological polar surface area (TPSA) is 90.0 Å². The van der Waals surface area contributed by atoms with Gasteiger partial charge in [0.05, 0.1) is 4.47 Å². The number of amides is 2. The number of carbonyl (C=O) groups is 2. The van der Waals surface area contributed by atoms with Crippen LogP contribution in [0.2, 0.25) is 0 Å². The fourth-order valence-electron chi connectivity index (χ4n) is 1.52. The first kappa shape index (κ1) is 13.3. The van der Waals surface area contributed by atoms with Gasteiger partial charge in [0.1, 0.15) is 0 Å². The van der Waals surface area contributed by atoms with Crippen molar-refractivity contribution in [1.82, 2.24) is 9.78 Å². The van der Waals surface area contributed by atoms with Crippen molar-refractivity contribution >= 4 is 33.4 Å². The number of carbonyl (C=O) groups excluding carboxylic acids is 2. The number of benzene rings is 1. The number of aryl methyl sites for hydroxylation is 1. The van der Waals surface area contributed by atoms with Gasteiger partial charge in [-0.25, -0.2) is 0 Å². The van der Waals surface area contributed by atoms with Gasteiger partial charge in [-0.1, -0.05) is 0 Å². The van der Waals surface area contributed by atoms with Crippen LogP contribution in [0, 0.1) is 0 Å². The predicted octanol–water partition coefficient (Wildman–Crippen LogP) is 1.53. The number of anilines is 1. The number of nitrogens with one attached hydrogen (secondary N) is 1. The first-order valence-electron chi connectivity index (χ1n) is 5.37. The second kappa shape index (κ2) is 5.23. The number of hydrogen-bond acceptors (Lipinski definition) is 3. The molecule has 0 unspecified atom stereocenters. The van der Waals surface area contributed by atoms with Gasteiger partial charge in [0.15, 0.2) is 5.69 Å². The molecule has 6 nitrogen and oxygen atoms in total. The van der Waals surface area contributed by atoms with Crippen LogP contribution in [0.25, 0.3) is 0 Å². The summed E-state index contributed by atoms with van der Waals surface area (Å²) in [7, 11) is 1.73. The van der Waals surface area contributed by atoms with Gasteiger partial charge < -0.3 is 11.1 Å². The largest absolute Gasteiger partial charge is 0.366 e. The van der Waals surface area contributed by atoms with E-state index < -0.39 is 5.91 Å². The van der Waals surface area contributed by atoms with Crippen LogP contribution in [0.4, 0.5) is 5.69 Å². The fraction of sp³-hybridized carbons (Fsp3) is 0.0833. The summed E-state index contributed by atoms with van der Waals surface area (Å²) in [5.41, 5.74) is 6.38. The maximum atomic E-state index is 12.0. The van der Waals surface area contributed by atoms with Crippen molar-refractivity contribution in [2.75, 3.05) is 5.32 Å². The van der Waals surface area contributed by atoms with Crippen molar-refractivity contribution in [2.45, 2.75) is 0 Å². The van der Waals surface area contributed by atoms with Crippen molar-refractivity contribution in [3.63, 3.8) is 0 Å². The number of rotatable bonds is 3. The molecule has 0 bridgehead atoms. The molecule has 19 heavy (non-hydrogen) atoms. The summed E-state index contributed by atoms with van der Waals surface area (Å²) >= 11 is 3.26. The molecule has 0 saturated heterocycles. The molecule has 0 fully saturated rings. The third-order valence-electron chi connectivity index (χ3n) is 2.43. The van der Waals surface area contributed by atoms with Gasteiger partial charge in [-0.15, -0.1) is 0 Å². The van der Waals surface area contributed by atoms with E-state index in [4.69, 9.17) is 5.73 Å². The molecule has 1 heterocycles. The van der Waals surface area contributed by atoms with Crippen LogP contribution in [0.5, 0.6) is 0 Å². The number of halogens is 1. The average Bonchev–Trinajstić information content (AvgIpc) is 2.69. The Labute approximate surface area is 117 Å². The van der Waals surface area contributed by atoms with Crippen LogP contribution in [0.15, 0.2) is 34.9 Å². The lowest BCUT2D eigenvalue weighted by atomic mass is 10.2. The molecule has 1 aromatic carbocycles. The summed E-state index contributed by atoms with van der Waals surface area (Å²) in [5.74, 6) is -0.843. The second-order valence-electron chi connectivity index (χ2n) is 3.90. The van der Waals surface area contributed by atoms with Crippen LogP contribution >= 0.6 is 15.9 Å².